The van der Waals surface area contributed by atoms with Crippen molar-refractivity contribution < 1.29 is 8.83 Å². The van der Waals surface area contributed by atoms with Crippen molar-refractivity contribution in [1.82, 2.24) is 0 Å². The summed E-state index contributed by atoms with van der Waals surface area (Å²) in [4.78, 5) is 8.41. The Hall–Kier alpha value is -9.40. The topological polar surface area (TPSA) is 60.9 Å². The molecule has 0 atom stereocenters. The molecule has 2 heterocycles. The Morgan fingerprint density at radius 2 is 0.959 bits per heavy atom. The van der Waals surface area contributed by atoms with Crippen LogP contribution in [0.3, 0.4) is 0 Å². The average Bonchev–Trinajstić information content (AvgIpc) is 4.12. The van der Waals surface area contributed by atoms with E-state index in [1.165, 1.54) is 5.19 Å². The Morgan fingerprint density at radius 3 is 1.51 bits per heavy atom. The van der Waals surface area contributed by atoms with Crippen LogP contribution in [0.5, 0.6) is 0 Å². The number of hydrogen-bond donors (Lipinski definition) is 0. The van der Waals surface area contributed by atoms with Gasteiger partial charge in [-0.05, 0) is 114 Å². The standard InChI is InChI=1S/C67H48N4O2Si/c1-43-24-30-48(31-25-43)70(50-34-28-47(69-2)29-35-50)57-40-56-64(66-61(57)53-20-12-14-22-59(53)73-66)63-55(67(56,45-16-8-6-9-17-45)46-18-10-7-11-19-46)41-58(65-62(63)54-21-13-15-23-60(54)72-65)71(49-32-26-44(42-68)27-33-49)51-36-38-52(39-37-51)74(3,4)5/h6-41H,1,3-5H3. The predicted molar refractivity (Wildman–Crippen MR) is 306 cm³/mol. The first kappa shape index (κ1) is 44.5. The van der Waals surface area contributed by atoms with E-state index in [-0.39, 0.29) is 0 Å². The molecule has 0 saturated heterocycles. The SMILES string of the molecule is [C-]#[N+]c1ccc(N(c2ccc(C)cc2)c2cc3c(c4oc5ccccc5c24)-c2c(cc(N(c4ccc(C#N)cc4)c4ccc([Si](C)(C)C)cc4)c4oc5ccccc5c24)C3(c2ccccc2)c2ccccc2)cc1. The molecule has 7 heteroatoms. The van der Waals surface area contributed by atoms with Crippen molar-refractivity contribution in [2.45, 2.75) is 32.0 Å². The number of benzene rings is 10. The first-order chi connectivity index (χ1) is 36.1. The van der Waals surface area contributed by atoms with Crippen LogP contribution in [0, 0.1) is 24.8 Å². The molecule has 74 heavy (non-hydrogen) atoms. The lowest BCUT2D eigenvalue weighted by Crippen LogP contribution is -2.37. The van der Waals surface area contributed by atoms with Crippen LogP contribution in [-0.2, 0) is 5.41 Å². The fraction of sp³-hybridized carbons (Fsp3) is 0.0746. The van der Waals surface area contributed by atoms with Crippen molar-refractivity contribution in [2.75, 3.05) is 9.80 Å². The zero-order valence-corrected chi connectivity index (χ0v) is 42.4. The number of furan rings is 2. The Morgan fingerprint density at radius 1 is 0.500 bits per heavy atom. The lowest BCUT2D eigenvalue weighted by atomic mass is 9.67. The maximum absolute atomic E-state index is 10.0. The van der Waals surface area contributed by atoms with Gasteiger partial charge >= 0.3 is 0 Å². The van der Waals surface area contributed by atoms with Crippen LogP contribution >= 0.6 is 0 Å². The fourth-order valence-electron chi connectivity index (χ4n) is 11.5. The van der Waals surface area contributed by atoms with E-state index >= 15 is 0 Å². The Bertz CT molecular complexity index is 4200. The summed E-state index contributed by atoms with van der Waals surface area (Å²) in [5.74, 6) is 0. The molecule has 0 amide bonds. The van der Waals surface area contributed by atoms with Crippen molar-refractivity contribution in [2.24, 2.45) is 0 Å². The largest absolute Gasteiger partial charge is 0.455 e. The maximum atomic E-state index is 10.0. The van der Waals surface area contributed by atoms with E-state index in [1.807, 2.05) is 60.7 Å². The zero-order valence-electron chi connectivity index (χ0n) is 41.4. The average molecular weight is 969 g/mol. The molecule has 1 aliphatic rings. The first-order valence-corrected chi connectivity index (χ1v) is 28.5. The summed E-state index contributed by atoms with van der Waals surface area (Å²) in [5, 5.41) is 15.3. The van der Waals surface area contributed by atoms with Gasteiger partial charge in [0.25, 0.3) is 0 Å². The van der Waals surface area contributed by atoms with Gasteiger partial charge in [-0.3, -0.25) is 0 Å². The highest BCUT2D eigenvalue weighted by molar-refractivity contribution is 6.88. The number of anilines is 6. The molecule has 0 spiro atoms. The molecule has 10 aromatic carbocycles. The zero-order chi connectivity index (χ0) is 50.3. The van der Waals surface area contributed by atoms with Crippen LogP contribution in [0.4, 0.5) is 39.8 Å². The molecule has 6 nitrogen and oxygen atoms in total. The van der Waals surface area contributed by atoms with E-state index in [1.54, 1.807) is 0 Å². The van der Waals surface area contributed by atoms with Crippen molar-refractivity contribution in [3.8, 4) is 17.2 Å². The smallest absolute Gasteiger partial charge is 0.187 e. The van der Waals surface area contributed by atoms with Crippen LogP contribution in [0.2, 0.25) is 19.6 Å². The Kier molecular flexibility index (Phi) is 10.3. The summed E-state index contributed by atoms with van der Waals surface area (Å²) in [6.45, 7) is 17.1. The third-order valence-corrected chi connectivity index (χ3v) is 17.1. The molecule has 0 N–H and O–H groups in total. The highest BCUT2D eigenvalue weighted by Gasteiger charge is 2.50. The third-order valence-electron chi connectivity index (χ3n) is 15.0. The minimum atomic E-state index is -1.67. The summed E-state index contributed by atoms with van der Waals surface area (Å²) < 4.78 is 14.7. The van der Waals surface area contributed by atoms with Gasteiger partial charge in [-0.1, -0.05) is 164 Å². The quantitative estimate of drug-likeness (QED) is 0.107. The Labute approximate surface area is 431 Å². The third kappa shape index (κ3) is 6.82. The van der Waals surface area contributed by atoms with Gasteiger partial charge < -0.3 is 18.6 Å². The van der Waals surface area contributed by atoms with Crippen molar-refractivity contribution >= 4 is 96.9 Å². The minimum absolute atomic E-state index is 0.572. The molecule has 0 saturated carbocycles. The number of para-hydroxylation sites is 2. The predicted octanol–water partition coefficient (Wildman–Crippen LogP) is 18.1. The minimum Gasteiger partial charge on any atom is -0.455 e. The number of fused-ring (bicyclic) bond motifs is 11. The van der Waals surface area contributed by atoms with Gasteiger partial charge in [-0.25, -0.2) is 4.85 Å². The molecule has 0 radical (unpaired) electrons. The highest BCUT2D eigenvalue weighted by atomic mass is 28.3. The number of rotatable bonds is 9. The van der Waals surface area contributed by atoms with E-state index in [0.717, 1.165) is 117 Å². The number of nitrogens with zero attached hydrogens (tertiary/aromatic N) is 4. The molecule has 2 aromatic heterocycles. The van der Waals surface area contributed by atoms with Crippen LogP contribution < -0.4 is 15.0 Å². The Balaban J connectivity index is 1.24. The van der Waals surface area contributed by atoms with Gasteiger partial charge in [-0.15, -0.1) is 0 Å². The first-order valence-electron chi connectivity index (χ1n) is 25.0. The van der Waals surface area contributed by atoms with E-state index in [4.69, 9.17) is 15.4 Å². The molecule has 0 aliphatic heterocycles. The van der Waals surface area contributed by atoms with E-state index in [2.05, 4.69) is 205 Å². The van der Waals surface area contributed by atoms with Gasteiger partial charge in [0.2, 0.25) is 0 Å². The molecular weight excluding hydrogens is 921 g/mol. The van der Waals surface area contributed by atoms with Crippen LogP contribution in [0.1, 0.15) is 33.4 Å². The van der Waals surface area contributed by atoms with Gasteiger partial charge in [-0.2, -0.15) is 5.26 Å². The summed E-state index contributed by atoms with van der Waals surface area (Å²) in [6.07, 6.45) is 0. The number of nitriles is 1. The molecule has 0 fully saturated rings. The summed E-state index contributed by atoms with van der Waals surface area (Å²) in [5.41, 5.74) is 16.4. The molecule has 13 rings (SSSR count). The van der Waals surface area contributed by atoms with E-state index < -0.39 is 13.5 Å². The van der Waals surface area contributed by atoms with Crippen LogP contribution in [0.25, 0.3) is 59.8 Å². The number of aryl methyl sites for hydroxylation is 1. The van der Waals surface area contributed by atoms with Gasteiger partial charge in [0.15, 0.2) is 11.3 Å². The van der Waals surface area contributed by atoms with E-state index in [0.29, 0.717) is 11.3 Å². The van der Waals surface area contributed by atoms with Crippen LogP contribution in [-0.4, -0.2) is 8.07 Å². The van der Waals surface area contributed by atoms with Crippen LogP contribution in [0.15, 0.2) is 227 Å². The summed E-state index contributed by atoms with van der Waals surface area (Å²) >= 11 is 0. The molecular formula is C67H48N4O2Si. The van der Waals surface area contributed by atoms with Gasteiger partial charge in [0.05, 0.1) is 48.5 Å². The second-order valence-electron chi connectivity index (χ2n) is 20.3. The van der Waals surface area contributed by atoms with Crippen molar-refractivity contribution in [1.29, 1.82) is 5.26 Å². The van der Waals surface area contributed by atoms with Crippen molar-refractivity contribution in [3.05, 3.63) is 263 Å². The van der Waals surface area contributed by atoms with Gasteiger partial charge in [0, 0.05) is 50.0 Å². The maximum Gasteiger partial charge on any atom is 0.187 e. The molecule has 12 aromatic rings. The molecule has 1 aliphatic carbocycles. The van der Waals surface area contributed by atoms with E-state index in [9.17, 15) is 5.26 Å². The second kappa shape index (κ2) is 17.1. The lowest BCUT2D eigenvalue weighted by Gasteiger charge is -2.36. The second-order valence-corrected chi connectivity index (χ2v) is 25.4. The highest BCUT2D eigenvalue weighted by Crippen LogP contribution is 2.64. The van der Waals surface area contributed by atoms with Gasteiger partial charge in [0.1, 0.15) is 16.7 Å². The molecule has 0 unspecified atom stereocenters. The lowest BCUT2D eigenvalue weighted by molar-refractivity contribution is 0.668. The number of hydrogen-bond acceptors (Lipinski definition) is 5. The monoisotopic (exact) mass is 968 g/mol. The molecule has 0 bridgehead atoms. The van der Waals surface area contributed by atoms with Crippen molar-refractivity contribution in [3.63, 3.8) is 0 Å². The molecule has 352 valence electrons. The summed E-state index contributed by atoms with van der Waals surface area (Å²) in [6, 6.07) is 79.2. The summed E-state index contributed by atoms with van der Waals surface area (Å²) in [7, 11) is -1.67. The normalized spacial score (nSPS) is 12.7. The fourth-order valence-corrected chi connectivity index (χ4v) is 12.7.